The van der Waals surface area contributed by atoms with E-state index in [9.17, 15) is 9.59 Å². The van der Waals surface area contributed by atoms with Crippen LogP contribution in [0.5, 0.6) is 5.75 Å². The third-order valence-electron chi connectivity index (χ3n) is 4.78. The molecule has 3 rings (SSSR count). The highest BCUT2D eigenvalue weighted by molar-refractivity contribution is 8.16. The van der Waals surface area contributed by atoms with E-state index >= 15 is 0 Å². The molecule has 0 saturated carbocycles. The molecule has 0 radical (unpaired) electrons. The zero-order valence-corrected chi connectivity index (χ0v) is 19.4. The Morgan fingerprint density at radius 3 is 2.45 bits per heavy atom. The summed E-state index contributed by atoms with van der Waals surface area (Å²) in [6, 6.07) is 16.1. The van der Waals surface area contributed by atoms with E-state index < -0.39 is 5.97 Å². The molecular formula is C24H29NO4S2. The van der Waals surface area contributed by atoms with E-state index in [4.69, 9.17) is 9.47 Å². The third kappa shape index (κ3) is 8.50. The fourth-order valence-electron chi connectivity index (χ4n) is 3.04. The Morgan fingerprint density at radius 1 is 1.03 bits per heavy atom. The van der Waals surface area contributed by atoms with E-state index in [-0.39, 0.29) is 19.1 Å². The van der Waals surface area contributed by atoms with Crippen molar-refractivity contribution in [2.75, 3.05) is 31.3 Å². The van der Waals surface area contributed by atoms with Gasteiger partial charge in [0.05, 0.1) is 11.1 Å². The monoisotopic (exact) mass is 459 g/mol. The van der Waals surface area contributed by atoms with Crippen LogP contribution < -0.4 is 10.1 Å². The first-order chi connectivity index (χ1) is 15.1. The fourth-order valence-corrected chi connectivity index (χ4v) is 5.94. The summed E-state index contributed by atoms with van der Waals surface area (Å²) < 4.78 is 11.1. The van der Waals surface area contributed by atoms with Crippen LogP contribution in [-0.2, 0) is 20.7 Å². The molecule has 1 N–H and O–H groups in total. The van der Waals surface area contributed by atoms with Crippen LogP contribution in [0.3, 0.4) is 0 Å². The van der Waals surface area contributed by atoms with Crippen molar-refractivity contribution in [3.05, 3.63) is 65.2 Å². The second kappa shape index (κ2) is 12.7. The van der Waals surface area contributed by atoms with Gasteiger partial charge in [0.15, 0.2) is 6.61 Å². The van der Waals surface area contributed by atoms with Crippen molar-refractivity contribution in [2.24, 2.45) is 0 Å². The molecule has 166 valence electrons. The predicted octanol–water partition coefficient (Wildman–Crippen LogP) is 4.53. The summed E-state index contributed by atoms with van der Waals surface area (Å²) in [6.45, 7) is 2.32. The lowest BCUT2D eigenvalue weighted by Gasteiger charge is -2.21. The number of amides is 1. The highest BCUT2D eigenvalue weighted by Crippen LogP contribution is 2.43. The van der Waals surface area contributed by atoms with Gasteiger partial charge in [-0.1, -0.05) is 42.0 Å². The van der Waals surface area contributed by atoms with Crippen LogP contribution in [0.4, 0.5) is 0 Å². The van der Waals surface area contributed by atoms with E-state index in [0.29, 0.717) is 29.7 Å². The number of hydrogen-bond acceptors (Lipinski definition) is 6. The molecule has 7 heteroatoms. The molecule has 2 aromatic carbocycles. The maximum absolute atomic E-state index is 11.9. The average Bonchev–Trinajstić information content (AvgIpc) is 2.81. The molecule has 0 aromatic heterocycles. The number of esters is 1. The van der Waals surface area contributed by atoms with Gasteiger partial charge < -0.3 is 14.8 Å². The van der Waals surface area contributed by atoms with E-state index in [1.807, 2.05) is 66.8 Å². The van der Waals surface area contributed by atoms with Crippen molar-refractivity contribution >= 4 is 35.4 Å². The zero-order chi connectivity index (χ0) is 21.9. The molecule has 1 saturated heterocycles. The Balaban J connectivity index is 1.26. The van der Waals surface area contributed by atoms with Crippen LogP contribution >= 0.6 is 23.5 Å². The minimum atomic E-state index is -0.448. The lowest BCUT2D eigenvalue weighted by Crippen LogP contribution is -2.29. The Morgan fingerprint density at radius 2 is 1.74 bits per heavy atom. The molecule has 0 aliphatic carbocycles. The smallest absolute Gasteiger partial charge is 0.344 e. The SMILES string of the molecule is Cc1ccc(CCC(=O)NCCOC(=O)COc2ccc(C3SCCCS3)cc2)cc1. The number of carbonyl (C=O) groups is 2. The molecular weight excluding hydrogens is 430 g/mol. The van der Waals surface area contributed by atoms with E-state index in [0.717, 1.165) is 5.56 Å². The standard InChI is InChI=1S/C24H29NO4S2/c1-18-3-5-19(6-4-18)7-12-22(26)25-13-14-28-23(27)17-29-21-10-8-20(9-11-21)24-30-15-2-16-31-24/h3-6,8-11,24H,2,7,12-17H2,1H3,(H,25,26). The van der Waals surface area contributed by atoms with Crippen molar-refractivity contribution in [2.45, 2.75) is 30.8 Å². The van der Waals surface area contributed by atoms with Gasteiger partial charge >= 0.3 is 5.97 Å². The molecule has 1 heterocycles. The Labute approximate surface area is 192 Å². The van der Waals surface area contributed by atoms with Crippen molar-refractivity contribution in [1.29, 1.82) is 0 Å². The molecule has 0 unspecified atom stereocenters. The summed E-state index contributed by atoms with van der Waals surface area (Å²) in [5, 5.41) is 2.77. The first-order valence-electron chi connectivity index (χ1n) is 10.5. The van der Waals surface area contributed by atoms with Gasteiger partial charge in [0.1, 0.15) is 12.4 Å². The van der Waals surface area contributed by atoms with Gasteiger partial charge in [-0.25, -0.2) is 4.79 Å². The Kier molecular flexibility index (Phi) is 9.62. The van der Waals surface area contributed by atoms with Crippen LogP contribution in [0.25, 0.3) is 0 Å². The number of hydrogen-bond donors (Lipinski definition) is 1. The van der Waals surface area contributed by atoms with Gasteiger partial charge in [-0.05, 0) is 54.5 Å². The lowest BCUT2D eigenvalue weighted by atomic mass is 10.1. The Bertz CT molecular complexity index is 834. The van der Waals surface area contributed by atoms with Crippen LogP contribution in [0.15, 0.2) is 48.5 Å². The fraction of sp³-hybridized carbons (Fsp3) is 0.417. The first kappa shape index (κ1) is 23.5. The average molecular weight is 460 g/mol. The lowest BCUT2D eigenvalue weighted by molar-refractivity contribution is -0.146. The molecule has 1 fully saturated rings. The molecule has 1 amide bonds. The van der Waals surface area contributed by atoms with Gasteiger partial charge in [-0.2, -0.15) is 0 Å². The van der Waals surface area contributed by atoms with Crippen molar-refractivity contribution in [3.63, 3.8) is 0 Å². The summed E-state index contributed by atoms with van der Waals surface area (Å²) in [5.41, 5.74) is 3.62. The van der Waals surface area contributed by atoms with Crippen LogP contribution in [0.2, 0.25) is 0 Å². The van der Waals surface area contributed by atoms with Crippen molar-refractivity contribution < 1.29 is 19.1 Å². The first-order valence-corrected chi connectivity index (χ1v) is 12.6. The van der Waals surface area contributed by atoms with Gasteiger partial charge in [-0.15, -0.1) is 23.5 Å². The summed E-state index contributed by atoms with van der Waals surface area (Å²) in [5.74, 6) is 2.55. The molecule has 1 aliphatic rings. The normalized spacial score (nSPS) is 14.1. The van der Waals surface area contributed by atoms with Crippen molar-refractivity contribution in [3.8, 4) is 5.75 Å². The van der Waals surface area contributed by atoms with E-state index in [2.05, 4.69) is 17.4 Å². The summed E-state index contributed by atoms with van der Waals surface area (Å²) >= 11 is 3.95. The number of ether oxygens (including phenoxy) is 2. The van der Waals surface area contributed by atoms with Crippen LogP contribution in [0, 0.1) is 6.92 Å². The van der Waals surface area contributed by atoms with Gasteiger partial charge in [0.2, 0.25) is 5.91 Å². The minimum absolute atomic E-state index is 0.0535. The van der Waals surface area contributed by atoms with E-state index in [1.54, 1.807) is 0 Å². The summed E-state index contributed by atoms with van der Waals surface area (Å²) in [6.07, 6.45) is 2.37. The Hall–Kier alpha value is -2.12. The van der Waals surface area contributed by atoms with Gasteiger partial charge in [-0.3, -0.25) is 4.79 Å². The number of benzene rings is 2. The third-order valence-corrected chi connectivity index (χ3v) is 7.80. The predicted molar refractivity (Wildman–Crippen MR) is 128 cm³/mol. The number of nitrogens with one attached hydrogen (secondary N) is 1. The number of carbonyl (C=O) groups excluding carboxylic acids is 2. The topological polar surface area (TPSA) is 64.6 Å². The van der Waals surface area contributed by atoms with Crippen molar-refractivity contribution in [1.82, 2.24) is 5.32 Å². The number of rotatable bonds is 10. The van der Waals surface area contributed by atoms with Gasteiger partial charge in [0.25, 0.3) is 0 Å². The molecule has 0 bridgehead atoms. The molecule has 2 aromatic rings. The molecule has 1 aliphatic heterocycles. The van der Waals surface area contributed by atoms with E-state index in [1.165, 1.54) is 29.1 Å². The van der Waals surface area contributed by atoms with Gasteiger partial charge in [0, 0.05) is 6.42 Å². The minimum Gasteiger partial charge on any atom is -0.482 e. The second-order valence-electron chi connectivity index (χ2n) is 7.34. The second-order valence-corrected chi connectivity index (χ2v) is 10.1. The van der Waals surface area contributed by atoms with Crippen LogP contribution in [-0.4, -0.2) is 43.1 Å². The summed E-state index contributed by atoms with van der Waals surface area (Å²) in [4.78, 5) is 23.7. The summed E-state index contributed by atoms with van der Waals surface area (Å²) in [7, 11) is 0. The molecule has 0 atom stereocenters. The zero-order valence-electron chi connectivity index (χ0n) is 17.8. The largest absolute Gasteiger partial charge is 0.482 e. The highest BCUT2D eigenvalue weighted by atomic mass is 32.2. The maximum atomic E-state index is 11.9. The number of aryl methyl sites for hydroxylation is 2. The number of thioether (sulfide) groups is 2. The molecule has 5 nitrogen and oxygen atoms in total. The molecule has 31 heavy (non-hydrogen) atoms. The highest BCUT2D eigenvalue weighted by Gasteiger charge is 2.16. The van der Waals surface area contributed by atoms with Crippen LogP contribution in [0.1, 0.15) is 34.1 Å². The quantitative estimate of drug-likeness (QED) is 0.416. The molecule has 0 spiro atoms. The maximum Gasteiger partial charge on any atom is 0.344 e.